The van der Waals surface area contributed by atoms with Crippen LogP contribution in [-0.4, -0.2) is 34.5 Å². The SMILES string of the molecule is CCOC(=O)C1=C(C)N=C2SC(c3ccccc3OC(C)=O)C(=O)N2C1c1ccc(OCc2ccccc2)cc1. The maximum absolute atomic E-state index is 14.0. The molecule has 204 valence electrons. The van der Waals surface area contributed by atoms with Crippen LogP contribution in [0.3, 0.4) is 0 Å². The average molecular weight is 557 g/mol. The van der Waals surface area contributed by atoms with Crippen molar-refractivity contribution in [2.75, 3.05) is 6.61 Å². The number of thioether (sulfide) groups is 1. The zero-order chi connectivity index (χ0) is 28.2. The van der Waals surface area contributed by atoms with Gasteiger partial charge in [-0.2, -0.15) is 0 Å². The number of fused-ring (bicyclic) bond motifs is 1. The molecule has 0 N–H and O–H groups in total. The molecule has 1 saturated heterocycles. The number of para-hydroxylation sites is 1. The standard InChI is InChI=1S/C31H28N2O6S/c1-4-37-30(36)26-19(2)32-31-33(29(35)28(40-31)24-12-8-9-13-25(24)39-20(3)34)27(26)22-14-16-23(17-15-22)38-18-21-10-6-5-7-11-21/h5-17,27-28H,4,18H2,1-3H3. The molecule has 0 saturated carbocycles. The minimum atomic E-state index is -0.749. The summed E-state index contributed by atoms with van der Waals surface area (Å²) in [7, 11) is 0. The van der Waals surface area contributed by atoms with Gasteiger partial charge in [-0.05, 0) is 43.2 Å². The van der Waals surface area contributed by atoms with Gasteiger partial charge in [0.1, 0.15) is 23.4 Å². The van der Waals surface area contributed by atoms with Gasteiger partial charge < -0.3 is 14.2 Å². The Morgan fingerprint density at radius 2 is 1.68 bits per heavy atom. The number of rotatable bonds is 8. The van der Waals surface area contributed by atoms with Crippen molar-refractivity contribution in [2.24, 2.45) is 4.99 Å². The van der Waals surface area contributed by atoms with Crippen molar-refractivity contribution in [3.63, 3.8) is 0 Å². The Morgan fingerprint density at radius 1 is 0.975 bits per heavy atom. The third-order valence-corrected chi connectivity index (χ3v) is 7.66. The molecule has 8 nitrogen and oxygen atoms in total. The first-order chi connectivity index (χ1) is 19.4. The molecule has 5 rings (SSSR count). The van der Waals surface area contributed by atoms with E-state index in [2.05, 4.69) is 4.99 Å². The third kappa shape index (κ3) is 5.51. The molecule has 0 aromatic heterocycles. The lowest BCUT2D eigenvalue weighted by molar-refractivity contribution is -0.139. The molecule has 2 aliphatic rings. The van der Waals surface area contributed by atoms with E-state index in [0.29, 0.717) is 45.7 Å². The van der Waals surface area contributed by atoms with Gasteiger partial charge in [0, 0.05) is 12.5 Å². The van der Waals surface area contributed by atoms with E-state index in [1.54, 1.807) is 43.0 Å². The zero-order valence-corrected chi connectivity index (χ0v) is 23.1. The normalized spacial score (nSPS) is 18.2. The molecule has 40 heavy (non-hydrogen) atoms. The molecule has 2 unspecified atom stereocenters. The van der Waals surface area contributed by atoms with Crippen LogP contribution < -0.4 is 9.47 Å². The molecule has 3 aromatic rings. The molecule has 2 aliphatic heterocycles. The second-order valence-corrected chi connectivity index (χ2v) is 10.3. The first-order valence-electron chi connectivity index (χ1n) is 12.9. The van der Waals surface area contributed by atoms with Gasteiger partial charge in [-0.15, -0.1) is 0 Å². The molecule has 0 radical (unpaired) electrons. The van der Waals surface area contributed by atoms with Crippen LogP contribution in [0.2, 0.25) is 0 Å². The van der Waals surface area contributed by atoms with Crippen LogP contribution in [0, 0.1) is 0 Å². The zero-order valence-electron chi connectivity index (χ0n) is 22.3. The summed E-state index contributed by atoms with van der Waals surface area (Å²) in [5.74, 6) is -0.308. The van der Waals surface area contributed by atoms with Gasteiger partial charge >= 0.3 is 11.9 Å². The second-order valence-electron chi connectivity index (χ2n) is 9.20. The number of nitrogens with zero attached hydrogens (tertiary/aromatic N) is 2. The van der Waals surface area contributed by atoms with Gasteiger partial charge in [-0.25, -0.2) is 9.79 Å². The van der Waals surface area contributed by atoms with Crippen molar-refractivity contribution in [1.29, 1.82) is 0 Å². The number of benzene rings is 3. The van der Waals surface area contributed by atoms with Crippen LogP contribution in [0.15, 0.2) is 95.1 Å². The van der Waals surface area contributed by atoms with Gasteiger partial charge in [-0.3, -0.25) is 14.5 Å². The molecule has 1 fully saturated rings. The van der Waals surface area contributed by atoms with Gasteiger partial charge in [-0.1, -0.05) is 72.4 Å². The van der Waals surface area contributed by atoms with Gasteiger partial charge in [0.25, 0.3) is 0 Å². The number of esters is 2. The van der Waals surface area contributed by atoms with E-state index in [9.17, 15) is 14.4 Å². The summed E-state index contributed by atoms with van der Waals surface area (Å²) in [6.45, 7) is 5.39. The number of amidine groups is 1. The van der Waals surface area contributed by atoms with Gasteiger partial charge in [0.2, 0.25) is 5.91 Å². The number of allylic oxidation sites excluding steroid dienone is 1. The van der Waals surface area contributed by atoms with Gasteiger partial charge in [0.15, 0.2) is 5.17 Å². The molecule has 0 bridgehead atoms. The third-order valence-electron chi connectivity index (χ3n) is 6.47. The van der Waals surface area contributed by atoms with Crippen LogP contribution in [-0.2, 0) is 25.7 Å². The number of hydrogen-bond donors (Lipinski definition) is 0. The molecule has 1 amide bonds. The number of aliphatic imine (C=N–C) groups is 1. The molecule has 0 aliphatic carbocycles. The Kier molecular flexibility index (Phi) is 8.02. The predicted octanol–water partition coefficient (Wildman–Crippen LogP) is 5.76. The van der Waals surface area contributed by atoms with Crippen molar-refractivity contribution < 1.29 is 28.6 Å². The number of carbonyl (C=O) groups is 3. The summed E-state index contributed by atoms with van der Waals surface area (Å²) in [5, 5.41) is -0.243. The topological polar surface area (TPSA) is 94.5 Å². The van der Waals surface area contributed by atoms with Crippen molar-refractivity contribution in [3.05, 3.63) is 107 Å². The van der Waals surface area contributed by atoms with Crippen LogP contribution in [0.4, 0.5) is 0 Å². The number of amides is 1. The number of hydrogen-bond acceptors (Lipinski definition) is 8. The molecule has 0 spiro atoms. The monoisotopic (exact) mass is 556 g/mol. The minimum absolute atomic E-state index is 0.187. The fourth-order valence-electron chi connectivity index (χ4n) is 4.69. The lowest BCUT2D eigenvalue weighted by atomic mass is 9.94. The van der Waals surface area contributed by atoms with Crippen molar-refractivity contribution >= 4 is 34.8 Å². The van der Waals surface area contributed by atoms with Crippen LogP contribution >= 0.6 is 11.8 Å². The van der Waals surface area contributed by atoms with E-state index in [1.807, 2.05) is 54.6 Å². The molecule has 2 heterocycles. The molecule has 2 atom stereocenters. The van der Waals surface area contributed by atoms with E-state index >= 15 is 0 Å². The minimum Gasteiger partial charge on any atom is -0.489 e. The summed E-state index contributed by atoms with van der Waals surface area (Å²) in [5.41, 5.74) is 3.09. The Labute approximate surface area is 236 Å². The fraction of sp³-hybridized carbons (Fsp3) is 0.226. The highest BCUT2D eigenvalue weighted by molar-refractivity contribution is 8.15. The van der Waals surface area contributed by atoms with Crippen molar-refractivity contribution in [2.45, 2.75) is 38.7 Å². The second kappa shape index (κ2) is 11.8. The van der Waals surface area contributed by atoms with Crippen molar-refractivity contribution in [3.8, 4) is 11.5 Å². The largest absolute Gasteiger partial charge is 0.489 e. The summed E-state index contributed by atoms with van der Waals surface area (Å²) >= 11 is 1.26. The smallest absolute Gasteiger partial charge is 0.338 e. The van der Waals surface area contributed by atoms with Crippen LogP contribution in [0.25, 0.3) is 0 Å². The average Bonchev–Trinajstić information content (AvgIpc) is 3.27. The maximum Gasteiger partial charge on any atom is 0.338 e. The molecule has 3 aromatic carbocycles. The van der Waals surface area contributed by atoms with E-state index in [-0.39, 0.29) is 12.5 Å². The van der Waals surface area contributed by atoms with E-state index in [4.69, 9.17) is 14.2 Å². The Bertz CT molecular complexity index is 1500. The summed E-state index contributed by atoms with van der Waals surface area (Å²) in [4.78, 5) is 45.1. The lowest BCUT2D eigenvalue weighted by Crippen LogP contribution is -2.40. The molecular formula is C31H28N2O6S. The summed E-state index contributed by atoms with van der Waals surface area (Å²) < 4.78 is 16.7. The molecular weight excluding hydrogens is 528 g/mol. The highest BCUT2D eigenvalue weighted by Crippen LogP contribution is 2.50. The Balaban J connectivity index is 1.49. The molecule has 9 heteroatoms. The van der Waals surface area contributed by atoms with Gasteiger partial charge in [0.05, 0.1) is 23.9 Å². The predicted molar refractivity (Wildman–Crippen MR) is 152 cm³/mol. The summed E-state index contributed by atoms with van der Waals surface area (Å²) in [6.07, 6.45) is 0. The fourth-order valence-corrected chi connectivity index (χ4v) is 5.94. The highest BCUT2D eigenvalue weighted by Gasteiger charge is 2.49. The maximum atomic E-state index is 14.0. The van der Waals surface area contributed by atoms with Crippen LogP contribution in [0.5, 0.6) is 11.5 Å². The van der Waals surface area contributed by atoms with E-state index in [0.717, 1.165) is 5.56 Å². The lowest BCUT2D eigenvalue weighted by Gasteiger charge is -2.33. The van der Waals surface area contributed by atoms with E-state index in [1.165, 1.54) is 18.7 Å². The quantitative estimate of drug-likeness (QED) is 0.257. The van der Waals surface area contributed by atoms with Crippen LogP contribution in [0.1, 0.15) is 48.8 Å². The highest BCUT2D eigenvalue weighted by atomic mass is 32.2. The summed E-state index contributed by atoms with van der Waals surface area (Å²) in [6, 6.07) is 23.4. The number of ether oxygens (including phenoxy) is 3. The van der Waals surface area contributed by atoms with Crippen molar-refractivity contribution in [1.82, 2.24) is 4.90 Å². The first-order valence-corrected chi connectivity index (χ1v) is 13.8. The first kappa shape index (κ1) is 27.2. The van der Waals surface area contributed by atoms with E-state index < -0.39 is 23.2 Å². The Morgan fingerprint density at radius 3 is 2.38 bits per heavy atom. The Hall–Kier alpha value is -4.37. The number of carbonyl (C=O) groups excluding carboxylic acids is 3.